The van der Waals surface area contributed by atoms with Crippen LogP contribution in [0.2, 0.25) is 0 Å². The van der Waals surface area contributed by atoms with Gasteiger partial charge in [-0.3, -0.25) is 4.79 Å². The number of methoxy groups -OCH3 is 1. The van der Waals surface area contributed by atoms with Gasteiger partial charge in [-0.2, -0.15) is 4.98 Å². The fourth-order valence-corrected chi connectivity index (χ4v) is 5.24. The molecule has 2 saturated heterocycles. The molecule has 0 radical (unpaired) electrons. The Balaban J connectivity index is 1.42. The number of pyridine rings is 1. The fraction of sp³-hybridized carbons (Fsp3) is 0.375. The van der Waals surface area contributed by atoms with Gasteiger partial charge in [-0.1, -0.05) is 12.6 Å². The zero-order valence-corrected chi connectivity index (χ0v) is 24.6. The van der Waals surface area contributed by atoms with E-state index in [1.165, 1.54) is 6.42 Å². The Morgan fingerprint density at radius 3 is 2.40 bits per heavy atom. The average Bonchev–Trinajstić information content (AvgIpc) is 3.00. The number of ether oxygens (including phenoxy) is 2. The molecule has 1 aromatic heterocycles. The number of piperazine rings is 1. The molecule has 1 amide bonds. The molecule has 2 aliphatic rings. The molecule has 42 heavy (non-hydrogen) atoms. The number of hydrogen-bond donors (Lipinski definition) is 2. The highest BCUT2D eigenvalue weighted by molar-refractivity contribution is 6.02. The summed E-state index contributed by atoms with van der Waals surface area (Å²) >= 11 is 0. The van der Waals surface area contributed by atoms with Crippen molar-refractivity contribution in [1.29, 1.82) is 0 Å². The predicted molar refractivity (Wildman–Crippen MR) is 166 cm³/mol. The van der Waals surface area contributed by atoms with E-state index in [4.69, 9.17) is 14.5 Å². The highest BCUT2D eigenvalue weighted by atomic mass is 19.1. The number of carbonyl (C=O) groups excluding carboxylic acids is 1. The number of halogens is 1. The van der Waals surface area contributed by atoms with E-state index < -0.39 is 11.7 Å². The van der Waals surface area contributed by atoms with Crippen LogP contribution in [0.15, 0.2) is 60.9 Å². The molecule has 0 bridgehead atoms. The molecule has 0 unspecified atom stereocenters. The predicted octanol–water partition coefficient (Wildman–Crippen LogP) is 6.10. The number of aromatic nitrogens is 1. The van der Waals surface area contributed by atoms with Gasteiger partial charge in [-0.05, 0) is 69.1 Å². The third-order valence-electron chi connectivity index (χ3n) is 7.77. The Kier molecular flexibility index (Phi) is 9.12. The minimum absolute atomic E-state index is 0.436. The normalized spacial score (nSPS) is 15.7. The molecule has 2 fully saturated rings. The van der Waals surface area contributed by atoms with Crippen LogP contribution in [-0.2, 0) is 4.79 Å². The average molecular weight is 575 g/mol. The van der Waals surface area contributed by atoms with Gasteiger partial charge in [-0.25, -0.2) is 4.39 Å². The molecular weight excluding hydrogens is 535 g/mol. The monoisotopic (exact) mass is 574 g/mol. The maximum Gasteiger partial charge on any atom is 0.283 e. The van der Waals surface area contributed by atoms with E-state index in [2.05, 4.69) is 51.1 Å². The minimum atomic E-state index is -1.06. The summed E-state index contributed by atoms with van der Waals surface area (Å²) in [6, 6.07) is 15.4. The van der Waals surface area contributed by atoms with Crippen LogP contribution < -0.4 is 29.9 Å². The number of nitrogens with one attached hydrogen (secondary N) is 2. The number of rotatable bonds is 9. The molecule has 0 spiro atoms. The van der Waals surface area contributed by atoms with Gasteiger partial charge >= 0.3 is 0 Å². The van der Waals surface area contributed by atoms with E-state index in [1.807, 2.05) is 25.1 Å². The lowest BCUT2D eigenvalue weighted by atomic mass is 10.1. The van der Waals surface area contributed by atoms with Crippen molar-refractivity contribution in [3.05, 3.63) is 66.5 Å². The van der Waals surface area contributed by atoms with Crippen LogP contribution >= 0.6 is 0 Å². The summed E-state index contributed by atoms with van der Waals surface area (Å²) in [5.74, 6) is 0.292. The van der Waals surface area contributed by atoms with E-state index >= 15 is 0 Å². The first-order chi connectivity index (χ1) is 20.3. The number of benzene rings is 2. The molecule has 0 aliphatic carbocycles. The van der Waals surface area contributed by atoms with E-state index in [0.29, 0.717) is 23.1 Å². The summed E-state index contributed by atoms with van der Waals surface area (Å²) in [6.07, 6.45) is 3.40. The van der Waals surface area contributed by atoms with E-state index in [0.717, 1.165) is 80.5 Å². The number of amides is 1. The molecule has 9 nitrogen and oxygen atoms in total. The summed E-state index contributed by atoms with van der Waals surface area (Å²) < 4.78 is 25.4. The van der Waals surface area contributed by atoms with Gasteiger partial charge in [-0.15, -0.1) is 0 Å². The fourth-order valence-electron chi connectivity index (χ4n) is 5.24. The van der Waals surface area contributed by atoms with Crippen LogP contribution in [0.1, 0.15) is 24.8 Å². The Morgan fingerprint density at radius 1 is 0.929 bits per heavy atom. The SMILES string of the molecule is C=C(F)C(=O)Nc1cc(Oc2nc(Nc3ccc(N4CCN(C)CC4)cc3OC)ccc2N2CCCCC2)ccc1C. The van der Waals surface area contributed by atoms with Crippen molar-refractivity contribution in [1.82, 2.24) is 9.88 Å². The van der Waals surface area contributed by atoms with Crippen molar-refractivity contribution in [2.24, 2.45) is 0 Å². The van der Waals surface area contributed by atoms with E-state index in [1.54, 1.807) is 25.3 Å². The lowest BCUT2D eigenvalue weighted by molar-refractivity contribution is -0.114. The summed E-state index contributed by atoms with van der Waals surface area (Å²) in [5.41, 5.74) is 4.02. The highest BCUT2D eigenvalue weighted by Crippen LogP contribution is 2.37. The Morgan fingerprint density at radius 2 is 1.69 bits per heavy atom. The first kappa shape index (κ1) is 29.2. The second-order valence-electron chi connectivity index (χ2n) is 10.8. The number of carbonyl (C=O) groups is 1. The molecule has 222 valence electrons. The smallest absolute Gasteiger partial charge is 0.283 e. The summed E-state index contributed by atoms with van der Waals surface area (Å²) in [4.78, 5) is 23.8. The zero-order valence-electron chi connectivity index (χ0n) is 24.6. The van der Waals surface area contributed by atoms with Crippen molar-refractivity contribution in [3.8, 4) is 17.4 Å². The molecule has 3 aromatic rings. The lowest BCUT2D eigenvalue weighted by Crippen LogP contribution is -2.44. The molecule has 0 atom stereocenters. The number of aryl methyl sites for hydroxylation is 1. The lowest BCUT2D eigenvalue weighted by Gasteiger charge is -2.34. The third kappa shape index (κ3) is 6.94. The van der Waals surface area contributed by atoms with Crippen molar-refractivity contribution in [3.63, 3.8) is 0 Å². The second-order valence-corrected chi connectivity index (χ2v) is 10.8. The summed E-state index contributed by atoms with van der Waals surface area (Å²) in [7, 11) is 3.81. The van der Waals surface area contributed by atoms with Crippen LogP contribution in [0.4, 0.5) is 33.0 Å². The number of hydrogen-bond acceptors (Lipinski definition) is 8. The number of piperidine rings is 1. The molecular formula is C32H39FN6O3. The van der Waals surface area contributed by atoms with Crippen molar-refractivity contribution in [2.75, 3.05) is 73.9 Å². The van der Waals surface area contributed by atoms with Crippen LogP contribution in [0.25, 0.3) is 0 Å². The Hall–Kier alpha value is -4.31. The highest BCUT2D eigenvalue weighted by Gasteiger charge is 2.20. The van der Waals surface area contributed by atoms with E-state index in [9.17, 15) is 9.18 Å². The van der Waals surface area contributed by atoms with Crippen LogP contribution in [-0.4, -0.2) is 69.2 Å². The molecule has 0 saturated carbocycles. The number of nitrogens with zero attached hydrogens (tertiary/aromatic N) is 4. The standard InChI is InChI=1S/C32H39FN6O3/c1-22-8-10-25(21-27(22)35-31(40)23(2)33)42-32-28(39-14-6-5-7-15-39)12-13-30(36-32)34-26-11-9-24(20-29(26)41-4)38-18-16-37(3)17-19-38/h8-13,20-21H,2,5-7,14-19H2,1,3-4H3,(H,34,36)(H,35,40). The van der Waals surface area contributed by atoms with Gasteiger partial charge < -0.3 is 34.8 Å². The topological polar surface area (TPSA) is 82.2 Å². The molecule has 5 rings (SSSR count). The van der Waals surface area contributed by atoms with Crippen molar-refractivity contribution in [2.45, 2.75) is 26.2 Å². The van der Waals surface area contributed by atoms with Gasteiger partial charge in [0.05, 0.1) is 12.8 Å². The molecule has 2 aromatic carbocycles. The first-order valence-corrected chi connectivity index (χ1v) is 14.4. The maximum atomic E-state index is 13.4. The Labute approximate surface area is 246 Å². The molecule has 2 aliphatic heterocycles. The van der Waals surface area contributed by atoms with Gasteiger partial charge in [0.25, 0.3) is 5.91 Å². The van der Waals surface area contributed by atoms with Gasteiger partial charge in [0.15, 0.2) is 5.83 Å². The van der Waals surface area contributed by atoms with Gasteiger partial charge in [0.2, 0.25) is 5.88 Å². The summed E-state index contributed by atoms with van der Waals surface area (Å²) in [6.45, 7) is 10.7. The zero-order chi connectivity index (χ0) is 29.6. The van der Waals surface area contributed by atoms with Gasteiger partial charge in [0, 0.05) is 62.8 Å². The van der Waals surface area contributed by atoms with Crippen molar-refractivity contribution >= 4 is 34.5 Å². The largest absolute Gasteiger partial charge is 0.494 e. The van der Waals surface area contributed by atoms with E-state index in [-0.39, 0.29) is 0 Å². The van der Waals surface area contributed by atoms with Crippen LogP contribution in [0.3, 0.4) is 0 Å². The third-order valence-corrected chi connectivity index (χ3v) is 7.77. The number of anilines is 5. The Bertz CT molecular complexity index is 1430. The molecule has 2 N–H and O–H groups in total. The second kappa shape index (κ2) is 13.1. The molecule has 10 heteroatoms. The minimum Gasteiger partial charge on any atom is -0.494 e. The number of likely N-dealkylation sites (N-methyl/N-ethyl adjacent to an activating group) is 1. The quantitative estimate of drug-likeness (QED) is 0.297. The first-order valence-electron chi connectivity index (χ1n) is 14.4. The van der Waals surface area contributed by atoms with Crippen LogP contribution in [0, 0.1) is 6.92 Å². The van der Waals surface area contributed by atoms with Gasteiger partial charge in [0.1, 0.15) is 23.0 Å². The molecule has 3 heterocycles. The van der Waals surface area contributed by atoms with Crippen LogP contribution in [0.5, 0.6) is 17.4 Å². The van der Waals surface area contributed by atoms with Crippen molar-refractivity contribution < 1.29 is 18.7 Å². The summed E-state index contributed by atoms with van der Waals surface area (Å²) in [5, 5.41) is 5.95. The maximum absolute atomic E-state index is 13.4.